The summed E-state index contributed by atoms with van der Waals surface area (Å²) in [6, 6.07) is 12.9. The van der Waals surface area contributed by atoms with Crippen molar-refractivity contribution in [2.45, 2.75) is 6.92 Å². The van der Waals surface area contributed by atoms with E-state index in [-0.39, 0.29) is 5.78 Å². The lowest BCUT2D eigenvalue weighted by molar-refractivity contribution is 0.101. The molecule has 94 valence electrons. The fraction of sp³-hybridized carbons (Fsp3) is 0.0667. The summed E-state index contributed by atoms with van der Waals surface area (Å²) in [6.07, 6.45) is 0. The maximum Gasteiger partial charge on any atom is 0.227 e. The normalized spacial score (nSPS) is 10.8. The van der Waals surface area contributed by atoms with Crippen LogP contribution >= 0.6 is 0 Å². The fourth-order valence-corrected chi connectivity index (χ4v) is 1.97. The van der Waals surface area contributed by atoms with E-state index in [4.69, 9.17) is 10.2 Å². The van der Waals surface area contributed by atoms with Gasteiger partial charge in [-0.1, -0.05) is 18.2 Å². The van der Waals surface area contributed by atoms with E-state index in [1.807, 2.05) is 30.3 Å². The Morgan fingerprint density at radius 1 is 1.21 bits per heavy atom. The molecule has 0 radical (unpaired) electrons. The molecule has 0 saturated carbocycles. The van der Waals surface area contributed by atoms with Gasteiger partial charge in [0.05, 0.1) is 5.69 Å². The summed E-state index contributed by atoms with van der Waals surface area (Å²) < 4.78 is 5.67. The zero-order valence-corrected chi connectivity index (χ0v) is 10.4. The molecule has 0 fully saturated rings. The third-order valence-electron chi connectivity index (χ3n) is 2.95. The maximum atomic E-state index is 11.4. The molecule has 2 N–H and O–H groups in total. The van der Waals surface area contributed by atoms with Gasteiger partial charge in [-0.05, 0) is 31.2 Å². The molecule has 1 aromatic heterocycles. The lowest BCUT2D eigenvalue weighted by Crippen LogP contribution is -1.95. The number of nitrogen functional groups attached to an aromatic ring is 1. The summed E-state index contributed by atoms with van der Waals surface area (Å²) in [5, 5.41) is 0. The van der Waals surface area contributed by atoms with Crippen molar-refractivity contribution in [1.29, 1.82) is 0 Å². The number of Topliss-reactive ketones (excluding diaryl/α,β-unsaturated/α-hetero) is 1. The first-order valence-electron chi connectivity index (χ1n) is 5.91. The van der Waals surface area contributed by atoms with Crippen LogP contribution in [0.1, 0.15) is 17.3 Å². The summed E-state index contributed by atoms with van der Waals surface area (Å²) in [4.78, 5) is 15.8. The van der Waals surface area contributed by atoms with Gasteiger partial charge in [0.1, 0.15) is 5.52 Å². The molecule has 0 bridgehead atoms. The van der Waals surface area contributed by atoms with Gasteiger partial charge >= 0.3 is 0 Å². The minimum atomic E-state index is -0.0436. The van der Waals surface area contributed by atoms with Gasteiger partial charge in [0.25, 0.3) is 0 Å². The molecule has 1 heterocycles. The summed E-state index contributed by atoms with van der Waals surface area (Å²) in [6.45, 7) is 1.50. The maximum absolute atomic E-state index is 11.4. The first-order valence-corrected chi connectivity index (χ1v) is 5.91. The number of benzene rings is 2. The highest BCUT2D eigenvalue weighted by molar-refractivity contribution is 6.00. The van der Waals surface area contributed by atoms with Crippen molar-refractivity contribution in [3.05, 3.63) is 48.0 Å². The van der Waals surface area contributed by atoms with Gasteiger partial charge in [-0.25, -0.2) is 4.98 Å². The van der Waals surface area contributed by atoms with Crippen LogP contribution in [0.4, 0.5) is 5.69 Å². The quantitative estimate of drug-likeness (QED) is 0.561. The summed E-state index contributed by atoms with van der Waals surface area (Å²) in [5.74, 6) is 0.459. The second kappa shape index (κ2) is 4.24. The number of hydrogen-bond donors (Lipinski definition) is 1. The third-order valence-corrected chi connectivity index (χ3v) is 2.95. The summed E-state index contributed by atoms with van der Waals surface area (Å²) in [5.41, 5.74) is 8.86. The highest BCUT2D eigenvalue weighted by atomic mass is 16.3. The van der Waals surface area contributed by atoms with Gasteiger partial charge in [0, 0.05) is 11.1 Å². The molecule has 2 aromatic carbocycles. The number of fused-ring (bicyclic) bond motifs is 1. The number of carbonyl (C=O) groups excluding carboxylic acids is 1. The average molecular weight is 252 g/mol. The van der Waals surface area contributed by atoms with E-state index in [9.17, 15) is 4.79 Å². The SMILES string of the molecule is CC(=O)c1cc(N)c2oc(-c3ccccc3)nc2c1. The lowest BCUT2D eigenvalue weighted by Gasteiger charge is -1.97. The molecule has 4 heteroatoms. The minimum Gasteiger partial charge on any atom is -0.434 e. The summed E-state index contributed by atoms with van der Waals surface area (Å²) in [7, 11) is 0. The Morgan fingerprint density at radius 3 is 2.63 bits per heavy atom. The Kier molecular flexibility index (Phi) is 2.56. The highest BCUT2D eigenvalue weighted by Crippen LogP contribution is 2.29. The minimum absolute atomic E-state index is 0.0436. The van der Waals surface area contributed by atoms with Crippen LogP contribution in [0.3, 0.4) is 0 Å². The van der Waals surface area contributed by atoms with E-state index in [2.05, 4.69) is 4.98 Å². The average Bonchev–Trinajstić information content (AvgIpc) is 2.84. The molecule has 0 atom stereocenters. The van der Waals surface area contributed by atoms with Crippen LogP contribution in [0.5, 0.6) is 0 Å². The van der Waals surface area contributed by atoms with E-state index < -0.39 is 0 Å². The second-order valence-electron chi connectivity index (χ2n) is 4.35. The molecule has 3 aromatic rings. The van der Waals surface area contributed by atoms with Crippen molar-refractivity contribution in [3.8, 4) is 11.5 Å². The van der Waals surface area contributed by atoms with Crippen LogP contribution in [0.2, 0.25) is 0 Å². The molecule has 0 aliphatic heterocycles. The van der Waals surface area contributed by atoms with Gasteiger partial charge < -0.3 is 10.2 Å². The first-order chi connectivity index (χ1) is 9.15. The zero-order chi connectivity index (χ0) is 13.4. The predicted octanol–water partition coefficient (Wildman–Crippen LogP) is 3.28. The number of anilines is 1. The van der Waals surface area contributed by atoms with Gasteiger partial charge in [0.15, 0.2) is 11.4 Å². The van der Waals surface area contributed by atoms with Crippen molar-refractivity contribution in [2.24, 2.45) is 0 Å². The van der Waals surface area contributed by atoms with Crippen molar-refractivity contribution in [3.63, 3.8) is 0 Å². The molecule has 0 amide bonds. The predicted molar refractivity (Wildman–Crippen MR) is 73.9 cm³/mol. The summed E-state index contributed by atoms with van der Waals surface area (Å²) >= 11 is 0. The Balaban J connectivity index is 2.21. The number of carbonyl (C=O) groups is 1. The number of nitrogens with zero attached hydrogens (tertiary/aromatic N) is 1. The number of oxazole rings is 1. The molecule has 0 spiro atoms. The van der Waals surface area contributed by atoms with Crippen LogP contribution < -0.4 is 5.73 Å². The monoisotopic (exact) mass is 252 g/mol. The molecule has 0 unspecified atom stereocenters. The fourth-order valence-electron chi connectivity index (χ4n) is 1.97. The van der Waals surface area contributed by atoms with Crippen molar-refractivity contribution >= 4 is 22.6 Å². The van der Waals surface area contributed by atoms with Gasteiger partial charge in [-0.2, -0.15) is 0 Å². The number of aromatic nitrogens is 1. The Morgan fingerprint density at radius 2 is 1.95 bits per heavy atom. The molecule has 0 aliphatic rings. The van der Waals surface area contributed by atoms with Crippen molar-refractivity contribution in [2.75, 3.05) is 5.73 Å². The van der Waals surface area contributed by atoms with E-state index in [0.717, 1.165) is 5.56 Å². The van der Waals surface area contributed by atoms with E-state index in [1.54, 1.807) is 12.1 Å². The highest BCUT2D eigenvalue weighted by Gasteiger charge is 2.13. The molecular formula is C15H12N2O2. The van der Waals surface area contributed by atoms with Crippen molar-refractivity contribution < 1.29 is 9.21 Å². The van der Waals surface area contributed by atoms with Crippen LogP contribution in [-0.2, 0) is 0 Å². The van der Waals surface area contributed by atoms with Gasteiger partial charge in [-0.3, -0.25) is 4.79 Å². The first kappa shape index (κ1) is 11.5. The smallest absolute Gasteiger partial charge is 0.227 e. The molecule has 3 rings (SSSR count). The van der Waals surface area contributed by atoms with Crippen LogP contribution in [0.25, 0.3) is 22.6 Å². The van der Waals surface area contributed by atoms with Crippen LogP contribution in [-0.4, -0.2) is 10.8 Å². The van der Waals surface area contributed by atoms with Crippen LogP contribution in [0, 0.1) is 0 Å². The lowest BCUT2D eigenvalue weighted by atomic mass is 10.1. The van der Waals surface area contributed by atoms with E-state index in [0.29, 0.717) is 28.2 Å². The largest absolute Gasteiger partial charge is 0.434 e. The Labute approximate surface area is 109 Å². The molecule has 4 nitrogen and oxygen atoms in total. The number of nitrogens with two attached hydrogens (primary N) is 1. The van der Waals surface area contributed by atoms with E-state index >= 15 is 0 Å². The topological polar surface area (TPSA) is 69.1 Å². The number of rotatable bonds is 2. The van der Waals surface area contributed by atoms with Crippen molar-refractivity contribution in [1.82, 2.24) is 4.98 Å². The Bertz CT molecular complexity index is 760. The molecule has 19 heavy (non-hydrogen) atoms. The number of ketones is 1. The molecular weight excluding hydrogens is 240 g/mol. The standard InChI is InChI=1S/C15H12N2O2/c1-9(18)11-7-12(16)14-13(8-11)17-15(19-14)10-5-3-2-4-6-10/h2-8H,16H2,1H3. The second-order valence-corrected chi connectivity index (χ2v) is 4.35. The molecule has 0 aliphatic carbocycles. The molecule has 0 saturated heterocycles. The number of hydrogen-bond acceptors (Lipinski definition) is 4. The third kappa shape index (κ3) is 1.97. The van der Waals surface area contributed by atoms with Crippen LogP contribution in [0.15, 0.2) is 46.9 Å². The van der Waals surface area contributed by atoms with E-state index in [1.165, 1.54) is 6.92 Å². The van der Waals surface area contributed by atoms with Gasteiger partial charge in [0.2, 0.25) is 5.89 Å². The Hall–Kier alpha value is -2.62. The zero-order valence-electron chi connectivity index (χ0n) is 10.4. The van der Waals surface area contributed by atoms with Gasteiger partial charge in [-0.15, -0.1) is 0 Å².